The first-order valence-electron chi connectivity index (χ1n) is 5.51. The first kappa shape index (κ1) is 13.5. The topological polar surface area (TPSA) is 87.0 Å². The summed E-state index contributed by atoms with van der Waals surface area (Å²) in [4.78, 5) is 12.4. The third kappa shape index (κ3) is 2.73. The molecule has 0 aliphatic carbocycles. The van der Waals surface area contributed by atoms with Crippen LogP contribution >= 0.6 is 11.8 Å². The Morgan fingerprint density at radius 3 is 2.44 bits per heavy atom. The first-order valence-corrected chi connectivity index (χ1v) is 6.39. The number of Topliss-reactive ketones (excluding diaryl/α,β-unsaturated/α-hetero) is 1. The average molecular weight is 270 g/mol. The molecule has 0 bridgehead atoms. The fourth-order valence-electron chi connectivity index (χ4n) is 1.68. The largest absolute Gasteiger partial charge is 0.394 e. The normalized spacial score (nSPS) is 32.5. The van der Waals surface area contributed by atoms with Crippen molar-refractivity contribution in [2.75, 3.05) is 6.61 Å². The van der Waals surface area contributed by atoms with Crippen LogP contribution in [-0.4, -0.2) is 51.5 Å². The molecule has 18 heavy (non-hydrogen) atoms. The molecule has 1 aliphatic heterocycles. The molecule has 0 radical (unpaired) electrons. The van der Waals surface area contributed by atoms with E-state index in [0.717, 1.165) is 4.90 Å². The maximum Gasteiger partial charge on any atom is 0.195 e. The zero-order valence-electron chi connectivity index (χ0n) is 9.47. The van der Waals surface area contributed by atoms with Crippen molar-refractivity contribution in [1.82, 2.24) is 0 Å². The zero-order chi connectivity index (χ0) is 13.1. The molecule has 0 spiro atoms. The van der Waals surface area contributed by atoms with E-state index in [-0.39, 0.29) is 0 Å². The lowest BCUT2D eigenvalue weighted by Gasteiger charge is -2.34. The summed E-state index contributed by atoms with van der Waals surface area (Å²) in [5.74, 6) is -0.714. The maximum absolute atomic E-state index is 11.6. The zero-order valence-corrected chi connectivity index (χ0v) is 10.3. The summed E-state index contributed by atoms with van der Waals surface area (Å²) in [5, 5.41) is 28.3. The van der Waals surface area contributed by atoms with Crippen molar-refractivity contribution in [3.8, 4) is 0 Å². The fraction of sp³-hybridized carbons (Fsp3) is 0.417. The number of aliphatic hydroxyl groups excluding tert-OH is 3. The van der Waals surface area contributed by atoms with Gasteiger partial charge in [-0.05, 0) is 12.1 Å². The Morgan fingerprint density at radius 1 is 1.17 bits per heavy atom. The van der Waals surface area contributed by atoms with E-state index in [1.807, 2.05) is 30.3 Å². The third-order valence-corrected chi connectivity index (χ3v) is 3.82. The molecule has 2 unspecified atom stereocenters. The van der Waals surface area contributed by atoms with Gasteiger partial charge in [-0.2, -0.15) is 0 Å². The van der Waals surface area contributed by atoms with Gasteiger partial charge in [-0.15, -0.1) is 0 Å². The van der Waals surface area contributed by atoms with Crippen molar-refractivity contribution in [2.45, 2.75) is 28.6 Å². The van der Waals surface area contributed by atoms with Gasteiger partial charge in [0, 0.05) is 4.90 Å². The van der Waals surface area contributed by atoms with E-state index in [1.165, 1.54) is 11.8 Å². The van der Waals surface area contributed by atoms with Crippen LogP contribution in [0.2, 0.25) is 0 Å². The molecule has 0 amide bonds. The third-order valence-electron chi connectivity index (χ3n) is 2.68. The Morgan fingerprint density at radius 2 is 1.83 bits per heavy atom. The standard InChI is InChI=1S/C12H14O5S/c13-6-8-9(14)10(15)11(16)12(17-8)18-7-4-2-1-3-5-7/h1-5,8-9,11-14,16H,6H2/t8?,9-,11?,12+/m1/s1. The highest BCUT2D eigenvalue weighted by molar-refractivity contribution is 7.99. The summed E-state index contributed by atoms with van der Waals surface area (Å²) in [6.07, 6.45) is -3.85. The van der Waals surface area contributed by atoms with Gasteiger partial charge in [-0.25, -0.2) is 0 Å². The fourth-order valence-corrected chi connectivity index (χ4v) is 2.73. The van der Waals surface area contributed by atoms with Gasteiger partial charge in [-0.1, -0.05) is 30.0 Å². The molecule has 4 atom stereocenters. The van der Waals surface area contributed by atoms with Gasteiger partial charge in [0.25, 0.3) is 0 Å². The predicted molar refractivity (Wildman–Crippen MR) is 65.1 cm³/mol. The van der Waals surface area contributed by atoms with Crippen molar-refractivity contribution >= 4 is 17.5 Å². The molecule has 1 fully saturated rings. The molecule has 1 heterocycles. The van der Waals surface area contributed by atoms with E-state index in [9.17, 15) is 15.0 Å². The Bertz CT molecular complexity index is 410. The van der Waals surface area contributed by atoms with Crippen LogP contribution in [0.25, 0.3) is 0 Å². The quantitative estimate of drug-likeness (QED) is 0.704. The molecule has 0 aromatic heterocycles. The van der Waals surface area contributed by atoms with Crippen LogP contribution in [0, 0.1) is 0 Å². The van der Waals surface area contributed by atoms with Crippen molar-refractivity contribution in [2.24, 2.45) is 0 Å². The Balaban J connectivity index is 2.10. The van der Waals surface area contributed by atoms with Gasteiger partial charge in [0.2, 0.25) is 0 Å². The van der Waals surface area contributed by atoms with Crippen molar-refractivity contribution in [3.05, 3.63) is 30.3 Å². The molecule has 0 saturated carbocycles. The van der Waals surface area contributed by atoms with Gasteiger partial charge in [0.1, 0.15) is 17.6 Å². The van der Waals surface area contributed by atoms with E-state index in [4.69, 9.17) is 9.84 Å². The summed E-state index contributed by atoms with van der Waals surface area (Å²) >= 11 is 1.18. The molecule has 1 aromatic rings. The molecule has 98 valence electrons. The lowest BCUT2D eigenvalue weighted by Crippen LogP contribution is -2.54. The Labute approximate surface area is 108 Å². The van der Waals surface area contributed by atoms with E-state index >= 15 is 0 Å². The second-order valence-corrected chi connectivity index (χ2v) is 5.12. The summed E-state index contributed by atoms with van der Waals surface area (Å²) < 4.78 is 5.33. The molecule has 3 N–H and O–H groups in total. The van der Waals surface area contributed by atoms with Gasteiger partial charge in [-0.3, -0.25) is 4.79 Å². The Hall–Kier alpha value is -0.920. The van der Waals surface area contributed by atoms with Crippen molar-refractivity contribution in [3.63, 3.8) is 0 Å². The Kier molecular flexibility index (Phi) is 4.36. The molecule has 1 aromatic carbocycles. The minimum atomic E-state index is -1.47. The summed E-state index contributed by atoms with van der Waals surface area (Å²) in [6.45, 7) is -0.467. The summed E-state index contributed by atoms with van der Waals surface area (Å²) in [7, 11) is 0. The highest BCUT2D eigenvalue weighted by atomic mass is 32.2. The number of hydrogen-bond donors (Lipinski definition) is 3. The minimum Gasteiger partial charge on any atom is -0.394 e. The number of carbonyl (C=O) groups is 1. The average Bonchev–Trinajstić information content (AvgIpc) is 2.40. The predicted octanol–water partition coefficient (Wildman–Crippen LogP) is -0.213. The van der Waals surface area contributed by atoms with Crippen LogP contribution in [0.1, 0.15) is 0 Å². The molecular weight excluding hydrogens is 256 g/mol. The molecule has 6 heteroatoms. The van der Waals surface area contributed by atoms with Crippen LogP contribution in [0.4, 0.5) is 0 Å². The summed E-state index contributed by atoms with van der Waals surface area (Å²) in [6, 6.07) is 9.16. The lowest BCUT2D eigenvalue weighted by atomic mass is 10.0. The van der Waals surface area contributed by atoms with E-state index < -0.39 is 36.1 Å². The lowest BCUT2D eigenvalue weighted by molar-refractivity contribution is -0.173. The number of ketones is 1. The van der Waals surface area contributed by atoms with E-state index in [0.29, 0.717) is 0 Å². The highest BCUT2D eigenvalue weighted by Gasteiger charge is 2.43. The maximum atomic E-state index is 11.6. The number of aliphatic hydroxyl groups is 3. The highest BCUT2D eigenvalue weighted by Crippen LogP contribution is 2.31. The molecular formula is C12H14O5S. The van der Waals surface area contributed by atoms with E-state index in [1.54, 1.807) is 0 Å². The molecule has 2 rings (SSSR count). The molecule has 5 nitrogen and oxygen atoms in total. The van der Waals surface area contributed by atoms with Gasteiger partial charge < -0.3 is 20.1 Å². The number of rotatable bonds is 3. The molecule has 1 aliphatic rings. The smallest absolute Gasteiger partial charge is 0.195 e. The summed E-state index contributed by atoms with van der Waals surface area (Å²) in [5.41, 5.74) is -0.819. The SMILES string of the molecule is O=C1C(O)[C@H](Sc2ccccc2)OC(CO)[C@H]1O. The number of carbonyl (C=O) groups excluding carboxylic acids is 1. The van der Waals surface area contributed by atoms with Crippen LogP contribution in [0.15, 0.2) is 35.2 Å². The van der Waals surface area contributed by atoms with Gasteiger partial charge in [0.05, 0.1) is 6.61 Å². The van der Waals surface area contributed by atoms with Crippen molar-refractivity contribution < 1.29 is 24.9 Å². The van der Waals surface area contributed by atoms with Gasteiger partial charge >= 0.3 is 0 Å². The van der Waals surface area contributed by atoms with E-state index in [2.05, 4.69) is 0 Å². The van der Waals surface area contributed by atoms with Crippen molar-refractivity contribution in [1.29, 1.82) is 0 Å². The number of thioether (sulfide) groups is 1. The van der Waals surface area contributed by atoms with Crippen LogP contribution in [0.5, 0.6) is 0 Å². The first-order chi connectivity index (χ1) is 8.63. The second kappa shape index (κ2) is 5.81. The number of ether oxygens (including phenoxy) is 1. The number of benzene rings is 1. The number of hydrogen-bond acceptors (Lipinski definition) is 6. The van der Waals surface area contributed by atoms with Crippen LogP contribution < -0.4 is 0 Å². The van der Waals surface area contributed by atoms with Gasteiger partial charge in [0.15, 0.2) is 11.9 Å². The van der Waals surface area contributed by atoms with Crippen LogP contribution in [-0.2, 0) is 9.53 Å². The minimum absolute atomic E-state index is 0.467. The second-order valence-electron chi connectivity index (χ2n) is 3.95. The monoisotopic (exact) mass is 270 g/mol. The van der Waals surface area contributed by atoms with Crippen LogP contribution in [0.3, 0.4) is 0 Å². The molecule has 1 saturated heterocycles.